The first-order valence-electron chi connectivity index (χ1n) is 24.6. The van der Waals surface area contributed by atoms with E-state index in [9.17, 15) is 30.6 Å². The average Bonchev–Trinajstić information content (AvgIpc) is 3.32. The second-order valence-electron chi connectivity index (χ2n) is 9.81. The zero-order valence-corrected chi connectivity index (χ0v) is 26.3. The normalized spacial score (nSPS) is 23.5. The van der Waals surface area contributed by atoms with Crippen LogP contribution in [0.4, 0.5) is 17.6 Å². The predicted octanol–water partition coefficient (Wildman–Crippen LogP) is 7.53. The van der Waals surface area contributed by atoms with Crippen molar-refractivity contribution in [3.05, 3.63) is 116 Å². The van der Waals surface area contributed by atoms with Crippen molar-refractivity contribution in [2.45, 2.75) is 70.0 Å². The van der Waals surface area contributed by atoms with Gasteiger partial charge >= 0.3 is 6.18 Å². The van der Waals surface area contributed by atoms with Crippen LogP contribution in [0.5, 0.6) is 0 Å². The summed E-state index contributed by atoms with van der Waals surface area (Å²) in [5.41, 5.74) is -11.1. The van der Waals surface area contributed by atoms with Gasteiger partial charge in [0.25, 0.3) is 5.56 Å². The molecule has 254 valence electrons. The molecule has 0 saturated heterocycles. The Morgan fingerprint density at radius 1 is 1.02 bits per heavy atom. The van der Waals surface area contributed by atoms with E-state index in [0.29, 0.717) is 16.7 Å². The maximum absolute atomic E-state index is 15.3. The van der Waals surface area contributed by atoms with Crippen molar-refractivity contribution in [2.24, 2.45) is 0 Å². The van der Waals surface area contributed by atoms with Gasteiger partial charge in [-0.1, -0.05) is 74.0 Å². The molecule has 1 amide bonds. The molecule has 1 aromatic heterocycles. The summed E-state index contributed by atoms with van der Waals surface area (Å²) >= 11 is 0.308. The number of carbonyl (C=O) groups is 1. The molecule has 0 bridgehead atoms. The highest BCUT2D eigenvalue weighted by Gasteiger charge is 2.32. The van der Waals surface area contributed by atoms with Crippen molar-refractivity contribution < 1.29 is 51.1 Å². The largest absolute Gasteiger partial charge is 0.416 e. The monoisotopic (exact) mass is 701 g/mol. The fraction of sp³-hybridized carbons (Fsp3) is 0.378. The fourth-order valence-electron chi connectivity index (χ4n) is 4.11. The number of fused-ring (bicyclic) bond motifs is 1. The van der Waals surface area contributed by atoms with Crippen LogP contribution in [-0.4, -0.2) is 51.3 Å². The lowest BCUT2D eigenvalue weighted by atomic mass is 9.98. The number of aromatic nitrogens is 2. The average molecular weight is 702 g/mol. The van der Waals surface area contributed by atoms with Crippen molar-refractivity contribution in [2.75, 3.05) is 26.1 Å². The van der Waals surface area contributed by atoms with Gasteiger partial charge in [-0.15, -0.1) is 0 Å². The first kappa shape index (κ1) is 17.1. The molecule has 1 heterocycles. The Labute approximate surface area is 312 Å². The molecular weight excluding hydrogens is 640 g/mol. The van der Waals surface area contributed by atoms with Crippen LogP contribution < -0.4 is 5.56 Å². The number of likely N-dealkylation sites (N-methyl/N-ethyl adjacent to an activating group) is 1. The highest BCUT2D eigenvalue weighted by Crippen LogP contribution is 2.34. The molecule has 0 aliphatic heterocycles. The van der Waals surface area contributed by atoms with Crippen LogP contribution in [0, 0.1) is 12.7 Å². The molecule has 6 nitrogen and oxygen atoms in total. The second kappa shape index (κ2) is 15.5. The van der Waals surface area contributed by atoms with Crippen molar-refractivity contribution in [3.8, 4) is 11.1 Å². The number of benzene rings is 3. The van der Waals surface area contributed by atoms with Gasteiger partial charge < -0.3 is 14.4 Å². The van der Waals surface area contributed by atoms with Crippen LogP contribution in [0.3, 0.4) is 0 Å². The maximum atomic E-state index is 15.3. The second-order valence-corrected chi connectivity index (χ2v) is 10.7. The van der Waals surface area contributed by atoms with E-state index in [-0.39, 0.29) is 10.1 Å². The number of hydrogen-bond acceptors (Lipinski definition) is 5. The van der Waals surface area contributed by atoms with Gasteiger partial charge in [0.15, 0.2) is 5.16 Å². The minimum Gasteiger partial charge on any atom is -0.336 e. The van der Waals surface area contributed by atoms with Gasteiger partial charge in [-0.2, -0.15) is 18.2 Å². The van der Waals surface area contributed by atoms with E-state index in [4.69, 9.17) is 20.6 Å². The molecular formula is C37H40F4N4O2S. The molecule has 48 heavy (non-hydrogen) atoms. The van der Waals surface area contributed by atoms with Gasteiger partial charge in [-0.3, -0.25) is 9.59 Å². The molecule has 0 saturated carbocycles. The van der Waals surface area contributed by atoms with Gasteiger partial charge in [0.1, 0.15) is 12.3 Å². The molecule has 0 unspecified atom stereocenters. The van der Waals surface area contributed by atoms with Gasteiger partial charge in [-0.25, -0.2) is 4.39 Å². The molecule has 0 radical (unpaired) electrons. The Morgan fingerprint density at radius 2 is 1.71 bits per heavy atom. The number of rotatable bonds is 13. The summed E-state index contributed by atoms with van der Waals surface area (Å²) in [5, 5.41) is -1.06. The molecule has 0 atom stereocenters. The van der Waals surface area contributed by atoms with Crippen molar-refractivity contribution in [1.82, 2.24) is 19.4 Å². The molecule has 1 aliphatic carbocycles. The van der Waals surface area contributed by atoms with Gasteiger partial charge in [-0.05, 0) is 85.1 Å². The molecule has 0 fully saturated rings. The maximum Gasteiger partial charge on any atom is 0.416 e. The summed E-state index contributed by atoms with van der Waals surface area (Å²) < 4.78 is 242. The minimum atomic E-state index is -5.29. The van der Waals surface area contributed by atoms with Gasteiger partial charge in [0.2, 0.25) is 5.91 Å². The molecule has 3 aromatic carbocycles. The van der Waals surface area contributed by atoms with E-state index >= 15 is 4.79 Å². The first-order valence-corrected chi connectivity index (χ1v) is 15.1. The number of thioether (sulfide) groups is 1. The molecule has 0 spiro atoms. The summed E-state index contributed by atoms with van der Waals surface area (Å²) in [6.07, 6.45) is -16.5. The Morgan fingerprint density at radius 3 is 2.38 bits per heavy atom. The third-order valence-electron chi connectivity index (χ3n) is 6.59. The molecule has 4 aromatic rings. The molecule has 11 heteroatoms. The summed E-state index contributed by atoms with van der Waals surface area (Å²) in [6, 6.07) is -5.86. The summed E-state index contributed by atoms with van der Waals surface area (Å²) in [6.45, 7) is -14.1. The van der Waals surface area contributed by atoms with Gasteiger partial charge in [0, 0.05) is 47.5 Å². The SMILES string of the molecule is [2H]c1c([2H])c(C([2H])([2H])N(C(=O)C([2H])([2H])n2c(SCc3ccc(F)cc3)nc(=O)c3c2C([2H])([2H])C([2H])([2H])C3([2H])[2H])C([2H])([2H])C([2H])([2H])N(CC)CC)c([2H])c([2H])c1-c1c([2H])c([2H])c(C(F)(F)F)c(C)c1[2H]. The quantitative estimate of drug-likeness (QED) is 0.0820. The van der Waals surface area contributed by atoms with E-state index in [0.717, 1.165) is 19.1 Å². The lowest BCUT2D eigenvalue weighted by molar-refractivity contribution is -0.138. The summed E-state index contributed by atoms with van der Waals surface area (Å²) in [5.74, 6) is -3.74. The van der Waals surface area contributed by atoms with Crippen LogP contribution in [0.15, 0.2) is 76.5 Å². The summed E-state index contributed by atoms with van der Waals surface area (Å²) in [4.78, 5) is 32.5. The highest BCUT2D eigenvalue weighted by molar-refractivity contribution is 7.98. The van der Waals surface area contributed by atoms with Gasteiger partial charge in [0.05, 0.1) is 23.4 Å². The standard InChI is InChI=1S/C37H40F4N4O2S/c1-4-43(5-2)19-20-44(22-26-9-13-28(14-10-26)29-15-18-32(25(3)21-29)37(39,40)41)34(46)23-45-33-8-6-7-31(33)35(47)42-36(45)48-24-27-11-16-30(38)17-12-27/h9-18,21H,4-8,19-20,22-24H2,1-3H3/i6D2,7D2,8D2,9D,10D,13D,14D,15D,18D,19D2,20D2,21D,22D2,23D2. The highest BCUT2D eigenvalue weighted by atomic mass is 32.2. The Balaban J connectivity index is 1.91. The topological polar surface area (TPSA) is 58.4 Å². The first-order chi connectivity index (χ1) is 31.2. The van der Waals surface area contributed by atoms with Crippen molar-refractivity contribution in [3.63, 3.8) is 0 Å². The number of nitrogens with zero attached hydrogens (tertiary/aromatic N) is 4. The predicted molar refractivity (Wildman–Crippen MR) is 181 cm³/mol. The van der Waals surface area contributed by atoms with Crippen LogP contribution in [0.2, 0.25) is 0 Å². The van der Waals surface area contributed by atoms with E-state index in [2.05, 4.69) is 4.98 Å². The third kappa shape index (κ3) is 8.54. The number of halogens is 4. The van der Waals surface area contributed by atoms with Crippen molar-refractivity contribution in [1.29, 1.82) is 0 Å². The molecule has 0 N–H and O–H groups in total. The number of carbonyl (C=O) groups excluding carboxylic acids is 1. The lowest BCUT2D eigenvalue weighted by Gasteiger charge is -2.28. The smallest absolute Gasteiger partial charge is 0.336 e. The fourth-order valence-corrected chi connectivity index (χ4v) is 5.01. The number of alkyl halides is 3. The van der Waals surface area contributed by atoms with Crippen LogP contribution in [-0.2, 0) is 42.5 Å². The molecule has 1 aliphatic rings. The Bertz CT molecular complexity index is 2750. The van der Waals surface area contributed by atoms with E-state index in [1.165, 1.54) is 26.0 Å². The van der Waals surface area contributed by atoms with E-state index in [1.54, 1.807) is 0 Å². The van der Waals surface area contributed by atoms with E-state index < -0.39 is 179 Å². The van der Waals surface area contributed by atoms with Crippen LogP contribution >= 0.6 is 11.8 Å². The third-order valence-corrected chi connectivity index (χ3v) is 7.60. The van der Waals surface area contributed by atoms with E-state index in [1.807, 2.05) is 0 Å². The number of amides is 1. The lowest BCUT2D eigenvalue weighted by Crippen LogP contribution is -2.40. The van der Waals surface area contributed by atoms with Crippen LogP contribution in [0.1, 0.15) is 82.5 Å². The minimum absolute atomic E-state index is 0.135. The molecule has 5 rings (SSSR count). The number of hydrogen-bond donors (Lipinski definition) is 0. The van der Waals surface area contributed by atoms with Crippen LogP contribution in [0.25, 0.3) is 11.1 Å². The Kier molecular flexibility index (Phi) is 5.53. The summed E-state index contributed by atoms with van der Waals surface area (Å²) in [7, 11) is 0. The van der Waals surface area contributed by atoms with Crippen molar-refractivity contribution >= 4 is 17.7 Å². The Hall–Kier alpha value is -3.96. The zero-order chi connectivity index (χ0) is 53.1. The zero-order valence-electron chi connectivity index (χ0n) is 46.5.